The van der Waals surface area contributed by atoms with Gasteiger partial charge in [0.25, 0.3) is 0 Å². The number of ketones is 3. The topological polar surface area (TPSA) is 135 Å². The van der Waals surface area contributed by atoms with E-state index in [0.29, 0.717) is 57.8 Å². The lowest BCUT2D eigenvalue weighted by atomic mass is 9.93. The second-order valence-corrected chi connectivity index (χ2v) is 14.2. The third kappa shape index (κ3) is 8.95. The molecule has 0 N–H and O–H groups in total. The largest absolute Gasteiger partial charge is 0.497 e. The molecule has 4 rings (SSSR count). The zero-order valence-electron chi connectivity index (χ0n) is 30.9. The van der Waals surface area contributed by atoms with Crippen LogP contribution in [0.2, 0.25) is 0 Å². The van der Waals surface area contributed by atoms with E-state index in [1.807, 2.05) is 52.5 Å². The summed E-state index contributed by atoms with van der Waals surface area (Å²) in [5.41, 5.74) is 1.47. The molecule has 50 heavy (non-hydrogen) atoms. The van der Waals surface area contributed by atoms with Crippen LogP contribution in [0.5, 0.6) is 11.5 Å². The second-order valence-electron chi connectivity index (χ2n) is 14.2. The van der Waals surface area contributed by atoms with Crippen LogP contribution < -0.4 is 9.47 Å². The normalized spacial score (nSPS) is 11.9. The van der Waals surface area contributed by atoms with E-state index in [4.69, 9.17) is 14.2 Å². The summed E-state index contributed by atoms with van der Waals surface area (Å²) in [5, 5.41) is 10.5. The molecular weight excluding hydrogens is 638 g/mol. The summed E-state index contributed by atoms with van der Waals surface area (Å²) >= 11 is 0. The van der Waals surface area contributed by atoms with Crippen LogP contribution >= 0.6 is 0 Å². The summed E-state index contributed by atoms with van der Waals surface area (Å²) in [5.74, 6) is 0.178. The second kappa shape index (κ2) is 16.4. The molecule has 1 amide bonds. The lowest BCUT2D eigenvalue weighted by molar-refractivity contribution is -0.135. The number of carbonyl (C=O) groups is 4. The van der Waals surface area contributed by atoms with Crippen LogP contribution in [-0.2, 0) is 27.4 Å². The molecule has 0 spiro atoms. The molecule has 0 aliphatic heterocycles. The van der Waals surface area contributed by atoms with Crippen LogP contribution in [0.3, 0.4) is 0 Å². The van der Waals surface area contributed by atoms with E-state index < -0.39 is 5.41 Å². The number of aromatic nitrogens is 4. The molecule has 12 nitrogen and oxygen atoms in total. The molecule has 0 bridgehead atoms. The summed E-state index contributed by atoms with van der Waals surface area (Å²) in [6.07, 6.45) is 1.72. The van der Waals surface area contributed by atoms with Crippen molar-refractivity contribution in [2.75, 3.05) is 40.5 Å². The fourth-order valence-corrected chi connectivity index (χ4v) is 5.80. The number of hydrogen-bond donors (Lipinski definition) is 0. The van der Waals surface area contributed by atoms with E-state index in [1.54, 1.807) is 49.2 Å². The maximum atomic E-state index is 13.8. The highest BCUT2D eigenvalue weighted by Gasteiger charge is 2.28. The Hall–Kier alpha value is -4.58. The fraction of sp³-hybridized carbons (Fsp3) is 0.526. The summed E-state index contributed by atoms with van der Waals surface area (Å²) in [7, 11) is 3.13. The molecule has 0 fully saturated rings. The first-order valence-corrected chi connectivity index (χ1v) is 17.2. The third-order valence-corrected chi connectivity index (χ3v) is 8.55. The summed E-state index contributed by atoms with van der Waals surface area (Å²) in [6.45, 7) is 14.3. The van der Waals surface area contributed by atoms with Gasteiger partial charge in [0.05, 0.1) is 31.9 Å². The molecule has 0 saturated heterocycles. The van der Waals surface area contributed by atoms with Crippen LogP contribution in [0.1, 0.15) is 82.3 Å². The number of carbonyl (C=O) groups excluding carboxylic acids is 4. The number of nitrogens with zero attached hydrogens (tertiary/aromatic N) is 5. The van der Waals surface area contributed by atoms with Crippen LogP contribution in [-0.4, -0.2) is 88.2 Å². The molecule has 0 aliphatic rings. The molecule has 12 heteroatoms. The zero-order chi connectivity index (χ0) is 36.7. The van der Waals surface area contributed by atoms with Gasteiger partial charge in [-0.05, 0) is 30.7 Å². The van der Waals surface area contributed by atoms with Crippen molar-refractivity contribution in [3.63, 3.8) is 0 Å². The molecule has 2 heterocycles. The van der Waals surface area contributed by atoms with Gasteiger partial charge in [-0.3, -0.25) is 28.5 Å². The number of Topliss-reactive ketones (excluding diaryl/α,β-unsaturated/α-hetero) is 3. The number of amides is 1. The van der Waals surface area contributed by atoms with E-state index >= 15 is 0 Å². The molecule has 0 saturated carbocycles. The molecule has 0 aliphatic carbocycles. The van der Waals surface area contributed by atoms with Gasteiger partial charge in [-0.25, -0.2) is 0 Å². The average Bonchev–Trinajstić information content (AvgIpc) is 3.62. The Morgan fingerprint density at radius 3 is 1.76 bits per heavy atom. The van der Waals surface area contributed by atoms with Crippen molar-refractivity contribution in [1.29, 1.82) is 0 Å². The van der Waals surface area contributed by atoms with Crippen LogP contribution in [0.15, 0.2) is 36.4 Å². The number of benzene rings is 2. The van der Waals surface area contributed by atoms with Crippen molar-refractivity contribution >= 4 is 45.1 Å². The first-order valence-electron chi connectivity index (χ1n) is 17.2. The molecule has 0 radical (unpaired) electrons. The number of ether oxygens (including phenoxy) is 3. The molecule has 270 valence electrons. The minimum atomic E-state index is -0.486. The van der Waals surface area contributed by atoms with Crippen LogP contribution in [0, 0.1) is 17.3 Å². The smallest absolute Gasteiger partial charge is 0.244 e. The maximum Gasteiger partial charge on any atom is 0.244 e. The maximum absolute atomic E-state index is 13.8. The van der Waals surface area contributed by atoms with Gasteiger partial charge in [0.2, 0.25) is 5.91 Å². The molecular formula is C38H51N5O7. The van der Waals surface area contributed by atoms with Crippen LogP contribution in [0.4, 0.5) is 0 Å². The summed E-state index contributed by atoms with van der Waals surface area (Å²) < 4.78 is 19.8. The lowest BCUT2D eigenvalue weighted by Gasteiger charge is -2.32. The van der Waals surface area contributed by atoms with Crippen molar-refractivity contribution in [1.82, 2.24) is 24.5 Å². The van der Waals surface area contributed by atoms with Crippen molar-refractivity contribution in [3.8, 4) is 11.5 Å². The van der Waals surface area contributed by atoms with E-state index in [0.717, 1.165) is 12.8 Å². The minimum absolute atomic E-state index is 0.0436. The van der Waals surface area contributed by atoms with Gasteiger partial charge in [-0.2, -0.15) is 10.2 Å². The third-order valence-electron chi connectivity index (χ3n) is 8.55. The minimum Gasteiger partial charge on any atom is -0.497 e. The van der Waals surface area contributed by atoms with Crippen molar-refractivity contribution < 1.29 is 33.4 Å². The molecule has 2 aromatic heterocycles. The highest BCUT2D eigenvalue weighted by Crippen LogP contribution is 2.28. The van der Waals surface area contributed by atoms with E-state index in [1.165, 1.54) is 4.68 Å². The van der Waals surface area contributed by atoms with Gasteiger partial charge in [0.15, 0.2) is 17.3 Å². The monoisotopic (exact) mass is 689 g/mol. The highest BCUT2D eigenvalue weighted by atomic mass is 16.5. The number of hydrogen-bond acceptors (Lipinski definition) is 9. The Labute approximate surface area is 294 Å². The summed E-state index contributed by atoms with van der Waals surface area (Å²) in [4.78, 5) is 54.6. The van der Waals surface area contributed by atoms with E-state index in [9.17, 15) is 19.2 Å². The number of fused-ring (bicyclic) bond motifs is 2. The lowest BCUT2D eigenvalue weighted by Crippen LogP contribution is -2.43. The fourth-order valence-electron chi connectivity index (χ4n) is 5.80. The molecule has 0 atom stereocenters. The van der Waals surface area contributed by atoms with Gasteiger partial charge in [-0.15, -0.1) is 0 Å². The Bertz CT molecular complexity index is 1850. The number of methoxy groups -OCH3 is 2. The Morgan fingerprint density at radius 2 is 1.30 bits per heavy atom. The Balaban J connectivity index is 1.45. The quantitative estimate of drug-likeness (QED) is 0.108. The van der Waals surface area contributed by atoms with Crippen LogP contribution in [0.25, 0.3) is 21.8 Å². The zero-order valence-corrected chi connectivity index (χ0v) is 30.9. The van der Waals surface area contributed by atoms with E-state index in [-0.39, 0.29) is 61.4 Å². The van der Waals surface area contributed by atoms with Gasteiger partial charge in [0, 0.05) is 53.2 Å². The standard InChI is InChI=1S/C38H51N5O7/c1-10-11-16-41(33(45)20-43-32-18-28(49-9)13-15-30(32)35(40-43)37(47)25(4)5)22-38(6,7)23-50-21-26(44)19-42-31-17-27(48-8)12-14-29(31)34(39-42)36(46)24(2)3/h12-15,17-18,24-25H,10-11,16,19-23H2,1-9H3. The molecule has 0 unspecified atom stereocenters. The Morgan fingerprint density at radius 1 is 0.800 bits per heavy atom. The van der Waals surface area contributed by atoms with Crippen molar-refractivity contribution in [3.05, 3.63) is 47.8 Å². The first-order chi connectivity index (χ1) is 23.7. The van der Waals surface area contributed by atoms with Gasteiger partial charge < -0.3 is 19.1 Å². The summed E-state index contributed by atoms with van der Waals surface area (Å²) in [6, 6.07) is 10.7. The Kier molecular flexibility index (Phi) is 12.6. The molecule has 4 aromatic rings. The van der Waals surface area contributed by atoms with Crippen molar-refractivity contribution in [2.24, 2.45) is 17.3 Å². The highest BCUT2D eigenvalue weighted by molar-refractivity contribution is 6.08. The van der Waals surface area contributed by atoms with Gasteiger partial charge >= 0.3 is 0 Å². The average molecular weight is 690 g/mol. The van der Waals surface area contributed by atoms with Gasteiger partial charge in [-0.1, -0.05) is 54.9 Å². The molecule has 2 aromatic carbocycles. The predicted molar refractivity (Wildman–Crippen MR) is 192 cm³/mol. The van der Waals surface area contributed by atoms with Gasteiger partial charge in [0.1, 0.15) is 42.6 Å². The SMILES string of the molecule is CCCCN(CC(C)(C)COCC(=O)Cn1nc(C(=O)C(C)C)c2ccc(OC)cc21)C(=O)Cn1nc(C(=O)C(C)C)c2ccc(OC)cc21. The predicted octanol–water partition coefficient (Wildman–Crippen LogP) is 6.02. The van der Waals surface area contributed by atoms with E-state index in [2.05, 4.69) is 17.1 Å². The van der Waals surface area contributed by atoms with Crippen molar-refractivity contribution in [2.45, 2.75) is 74.4 Å². The first kappa shape index (κ1) is 38.2. The number of unbranched alkanes of at least 4 members (excludes halogenated alkanes) is 1. The number of rotatable bonds is 19.